The number of rotatable bonds is 5. The zero-order valence-corrected chi connectivity index (χ0v) is 28.9. The van der Waals surface area contributed by atoms with Crippen molar-refractivity contribution in [3.63, 3.8) is 0 Å². The standard InChI is InChI=1S/C48H38N2/c1-5-15-39-31(3)32(4)40(16-6-2)48-47(39)43-29-36(24-26-45(43)50(48)38-21-11-8-12-22-38)35-23-25-44-41(28-35)42-27-33-17-13-14-18-34(33)30-46(42)49(44)37-19-9-7-10-20-37/h5-30H,1-4H3/b15-5-,16-6-. The highest BCUT2D eigenvalue weighted by Crippen LogP contribution is 2.43. The number of hydrogen-bond donors (Lipinski definition) is 0. The minimum atomic E-state index is 1.17. The molecule has 240 valence electrons. The lowest BCUT2D eigenvalue weighted by atomic mass is 9.91. The van der Waals surface area contributed by atoms with Crippen LogP contribution in [0.1, 0.15) is 36.1 Å². The summed E-state index contributed by atoms with van der Waals surface area (Å²) in [6, 6.07) is 49.0. The van der Waals surface area contributed by atoms with Gasteiger partial charge in [-0.3, -0.25) is 0 Å². The minimum absolute atomic E-state index is 1.17. The predicted molar refractivity (Wildman–Crippen MR) is 217 cm³/mol. The second-order valence-corrected chi connectivity index (χ2v) is 13.3. The van der Waals surface area contributed by atoms with Gasteiger partial charge in [-0.1, -0.05) is 97.1 Å². The summed E-state index contributed by atoms with van der Waals surface area (Å²) in [4.78, 5) is 0. The smallest absolute Gasteiger partial charge is 0.0622 e. The van der Waals surface area contributed by atoms with E-state index in [9.17, 15) is 0 Å². The van der Waals surface area contributed by atoms with Gasteiger partial charge in [-0.15, -0.1) is 0 Å². The second-order valence-electron chi connectivity index (χ2n) is 13.3. The van der Waals surface area contributed by atoms with Gasteiger partial charge < -0.3 is 9.13 Å². The number of fused-ring (bicyclic) bond motifs is 7. The van der Waals surface area contributed by atoms with E-state index in [1.54, 1.807) is 0 Å². The average Bonchev–Trinajstić information content (AvgIpc) is 3.66. The van der Waals surface area contributed by atoms with Gasteiger partial charge in [-0.05, 0) is 127 Å². The molecular weight excluding hydrogens is 605 g/mol. The van der Waals surface area contributed by atoms with Crippen LogP contribution in [0.25, 0.3) is 89.0 Å². The summed E-state index contributed by atoms with van der Waals surface area (Å²) in [5.41, 5.74) is 14.9. The number of allylic oxidation sites excluding steroid dienone is 2. The minimum Gasteiger partial charge on any atom is -0.309 e. The third kappa shape index (κ3) is 4.49. The molecule has 0 unspecified atom stereocenters. The van der Waals surface area contributed by atoms with Crippen molar-refractivity contribution in [1.82, 2.24) is 9.13 Å². The van der Waals surface area contributed by atoms with Crippen molar-refractivity contribution < 1.29 is 0 Å². The molecule has 2 heteroatoms. The molecule has 9 rings (SSSR count). The van der Waals surface area contributed by atoms with Crippen LogP contribution in [0.5, 0.6) is 0 Å². The molecule has 2 nitrogen and oxygen atoms in total. The van der Waals surface area contributed by atoms with Crippen LogP contribution >= 0.6 is 0 Å². The molecule has 50 heavy (non-hydrogen) atoms. The van der Waals surface area contributed by atoms with E-state index in [2.05, 4.69) is 195 Å². The van der Waals surface area contributed by atoms with Gasteiger partial charge in [-0.2, -0.15) is 0 Å². The molecule has 2 aromatic heterocycles. The van der Waals surface area contributed by atoms with Crippen LogP contribution in [0.3, 0.4) is 0 Å². The Hall–Kier alpha value is -6.12. The van der Waals surface area contributed by atoms with Crippen LogP contribution < -0.4 is 0 Å². The Morgan fingerprint density at radius 3 is 1.58 bits per heavy atom. The third-order valence-electron chi connectivity index (χ3n) is 10.5. The number of hydrogen-bond acceptors (Lipinski definition) is 0. The molecule has 0 aliphatic rings. The van der Waals surface area contributed by atoms with Crippen molar-refractivity contribution >= 4 is 66.5 Å². The molecule has 0 amide bonds. The Balaban J connectivity index is 1.36. The molecule has 0 aliphatic heterocycles. The van der Waals surface area contributed by atoms with Crippen LogP contribution in [0, 0.1) is 13.8 Å². The summed E-state index contributed by atoms with van der Waals surface area (Å²) in [5, 5.41) is 7.60. The monoisotopic (exact) mass is 642 g/mol. The Labute approximate surface area is 292 Å². The van der Waals surface area contributed by atoms with Crippen LogP contribution in [0.2, 0.25) is 0 Å². The van der Waals surface area contributed by atoms with E-state index in [0.29, 0.717) is 0 Å². The summed E-state index contributed by atoms with van der Waals surface area (Å²) < 4.78 is 4.87. The van der Waals surface area contributed by atoms with Crippen molar-refractivity contribution in [2.24, 2.45) is 0 Å². The van der Waals surface area contributed by atoms with Gasteiger partial charge in [0.25, 0.3) is 0 Å². The van der Waals surface area contributed by atoms with Crippen LogP contribution in [0.4, 0.5) is 0 Å². The van der Waals surface area contributed by atoms with Gasteiger partial charge in [0.1, 0.15) is 0 Å². The second kappa shape index (κ2) is 11.8. The van der Waals surface area contributed by atoms with Gasteiger partial charge in [0.2, 0.25) is 0 Å². The lowest BCUT2D eigenvalue weighted by Gasteiger charge is -2.15. The highest BCUT2D eigenvalue weighted by molar-refractivity contribution is 6.18. The van der Waals surface area contributed by atoms with Crippen LogP contribution in [0.15, 0.2) is 146 Å². The van der Waals surface area contributed by atoms with E-state index in [0.717, 1.165) is 0 Å². The Kier molecular flexibility index (Phi) is 7.07. The number of aromatic nitrogens is 2. The van der Waals surface area contributed by atoms with Crippen molar-refractivity contribution in [2.75, 3.05) is 0 Å². The van der Waals surface area contributed by atoms with Crippen LogP contribution in [-0.2, 0) is 0 Å². The van der Waals surface area contributed by atoms with Crippen molar-refractivity contribution in [3.05, 3.63) is 168 Å². The van der Waals surface area contributed by atoms with E-state index in [1.807, 2.05) is 0 Å². The largest absolute Gasteiger partial charge is 0.309 e. The maximum absolute atomic E-state index is 2.46. The van der Waals surface area contributed by atoms with Crippen LogP contribution in [-0.4, -0.2) is 9.13 Å². The van der Waals surface area contributed by atoms with Crippen molar-refractivity contribution in [2.45, 2.75) is 27.7 Å². The molecule has 9 aromatic rings. The Morgan fingerprint density at radius 1 is 0.440 bits per heavy atom. The molecular formula is C48H38N2. The molecule has 7 aromatic carbocycles. The normalized spacial score (nSPS) is 12.2. The van der Waals surface area contributed by atoms with Crippen molar-refractivity contribution in [1.29, 1.82) is 0 Å². The Morgan fingerprint density at radius 2 is 0.940 bits per heavy atom. The van der Waals surface area contributed by atoms with Gasteiger partial charge in [0.05, 0.1) is 22.1 Å². The maximum Gasteiger partial charge on any atom is 0.0622 e. The topological polar surface area (TPSA) is 9.86 Å². The lowest BCUT2D eigenvalue weighted by molar-refractivity contribution is 1.17. The quantitative estimate of drug-likeness (QED) is 0.177. The molecule has 0 spiro atoms. The third-order valence-corrected chi connectivity index (χ3v) is 10.5. The average molecular weight is 643 g/mol. The molecule has 0 saturated carbocycles. The lowest BCUT2D eigenvalue weighted by Crippen LogP contribution is -1.99. The highest BCUT2D eigenvalue weighted by atomic mass is 15.0. The number of benzene rings is 7. The molecule has 0 aliphatic carbocycles. The Bertz CT molecular complexity index is 2830. The zero-order chi connectivity index (χ0) is 33.9. The summed E-state index contributed by atoms with van der Waals surface area (Å²) >= 11 is 0. The molecule has 0 atom stereocenters. The molecule has 0 fully saturated rings. The summed E-state index contributed by atoms with van der Waals surface area (Å²) in [6.07, 6.45) is 8.91. The number of nitrogens with zero attached hydrogens (tertiary/aromatic N) is 2. The summed E-state index contributed by atoms with van der Waals surface area (Å²) in [7, 11) is 0. The van der Waals surface area contributed by atoms with E-state index in [1.165, 1.54) is 99.1 Å². The highest BCUT2D eigenvalue weighted by Gasteiger charge is 2.22. The van der Waals surface area contributed by atoms with E-state index in [4.69, 9.17) is 0 Å². The zero-order valence-electron chi connectivity index (χ0n) is 28.9. The fraction of sp³-hybridized carbons (Fsp3) is 0.0833. The fourth-order valence-electron chi connectivity index (χ4n) is 8.10. The van der Waals surface area contributed by atoms with Gasteiger partial charge in [0.15, 0.2) is 0 Å². The molecule has 2 heterocycles. The van der Waals surface area contributed by atoms with E-state index in [-0.39, 0.29) is 0 Å². The number of para-hydroxylation sites is 2. The molecule has 0 bridgehead atoms. The first kappa shape index (κ1) is 30.0. The maximum atomic E-state index is 2.46. The van der Waals surface area contributed by atoms with E-state index < -0.39 is 0 Å². The SMILES string of the molecule is C/C=C\c1c(C)c(C)c(/C=C\C)c2c1c1cc(-c3ccc4c(c3)c3cc5ccccc5cc3n4-c3ccccc3)ccc1n2-c1ccccc1. The van der Waals surface area contributed by atoms with Crippen molar-refractivity contribution in [3.8, 4) is 22.5 Å². The predicted octanol–water partition coefficient (Wildman–Crippen LogP) is 13.4. The van der Waals surface area contributed by atoms with Gasteiger partial charge in [-0.25, -0.2) is 0 Å². The first-order valence-corrected chi connectivity index (χ1v) is 17.5. The molecule has 0 saturated heterocycles. The fourth-order valence-corrected chi connectivity index (χ4v) is 8.10. The molecule has 0 radical (unpaired) electrons. The van der Waals surface area contributed by atoms with Gasteiger partial charge >= 0.3 is 0 Å². The molecule has 0 N–H and O–H groups in total. The first-order chi connectivity index (χ1) is 24.6. The summed E-state index contributed by atoms with van der Waals surface area (Å²) in [6.45, 7) is 8.76. The summed E-state index contributed by atoms with van der Waals surface area (Å²) in [5.74, 6) is 0. The van der Waals surface area contributed by atoms with Gasteiger partial charge in [0, 0.05) is 38.5 Å². The first-order valence-electron chi connectivity index (χ1n) is 17.5. The van der Waals surface area contributed by atoms with E-state index >= 15 is 0 Å².